The van der Waals surface area contributed by atoms with E-state index >= 15 is 0 Å². The molecule has 4 N–H and O–H groups in total. The number of anilines is 1. The zero-order chi connectivity index (χ0) is 15.7. The summed E-state index contributed by atoms with van der Waals surface area (Å²) in [5.41, 5.74) is 14.1. The van der Waals surface area contributed by atoms with Crippen LogP contribution in [-0.2, 0) is 0 Å². The van der Waals surface area contributed by atoms with Crippen LogP contribution in [0.3, 0.4) is 0 Å². The highest BCUT2D eigenvalue weighted by Gasteiger charge is 2.42. The fourth-order valence-corrected chi connectivity index (χ4v) is 3.45. The van der Waals surface area contributed by atoms with Crippen molar-refractivity contribution in [1.82, 2.24) is 0 Å². The Morgan fingerprint density at radius 2 is 1.91 bits per heavy atom. The highest BCUT2D eigenvalue weighted by molar-refractivity contribution is 6.05. The van der Waals surface area contributed by atoms with Crippen molar-refractivity contribution in [2.75, 3.05) is 4.90 Å². The smallest absolute Gasteiger partial charge is 0.220 e. The fourth-order valence-electron chi connectivity index (χ4n) is 3.45. The second kappa shape index (κ2) is 5.34. The standard InChI is InChI=1S/C16H20N6/c1-11-7-12(10-17)9-13(8-11)22-15(19)20-14(18)21-16(22)5-3-2-4-6-16/h7-9H,2-6H2,1H3,(H4,18,19,20,21). The highest BCUT2D eigenvalue weighted by atomic mass is 15.4. The minimum atomic E-state index is -0.464. The molecule has 0 radical (unpaired) electrons. The Labute approximate surface area is 130 Å². The molecule has 1 heterocycles. The Balaban J connectivity index is 2.12. The summed E-state index contributed by atoms with van der Waals surface area (Å²) in [5, 5.41) is 9.22. The van der Waals surface area contributed by atoms with Gasteiger partial charge in [0.25, 0.3) is 0 Å². The summed E-state index contributed by atoms with van der Waals surface area (Å²) in [4.78, 5) is 10.7. The number of rotatable bonds is 1. The van der Waals surface area contributed by atoms with Gasteiger partial charge in [0.2, 0.25) is 11.9 Å². The van der Waals surface area contributed by atoms with Gasteiger partial charge in [0.05, 0.1) is 11.6 Å². The minimum absolute atomic E-state index is 0.240. The van der Waals surface area contributed by atoms with Crippen LogP contribution < -0.4 is 16.4 Å². The number of guanidine groups is 2. The molecule has 0 bridgehead atoms. The largest absolute Gasteiger partial charge is 0.369 e. The third kappa shape index (κ3) is 2.39. The predicted octanol–water partition coefficient (Wildman–Crippen LogP) is 1.98. The van der Waals surface area contributed by atoms with Crippen LogP contribution in [0.1, 0.15) is 43.2 Å². The molecule has 0 atom stereocenters. The Hall–Kier alpha value is -2.55. The molecule has 22 heavy (non-hydrogen) atoms. The van der Waals surface area contributed by atoms with E-state index in [0.29, 0.717) is 11.5 Å². The van der Waals surface area contributed by atoms with Gasteiger partial charge in [-0.05, 0) is 56.4 Å². The number of nitrogens with two attached hydrogens (primary N) is 2. The van der Waals surface area contributed by atoms with Crippen LogP contribution in [-0.4, -0.2) is 17.6 Å². The van der Waals surface area contributed by atoms with E-state index in [0.717, 1.165) is 36.9 Å². The summed E-state index contributed by atoms with van der Waals surface area (Å²) < 4.78 is 0. The van der Waals surface area contributed by atoms with Crippen LogP contribution in [0.15, 0.2) is 28.2 Å². The van der Waals surface area contributed by atoms with Gasteiger partial charge in [-0.15, -0.1) is 0 Å². The number of benzene rings is 1. The van der Waals surface area contributed by atoms with Gasteiger partial charge in [-0.2, -0.15) is 10.3 Å². The molecule has 1 aromatic carbocycles. The molecule has 114 valence electrons. The van der Waals surface area contributed by atoms with Crippen LogP contribution in [0, 0.1) is 18.3 Å². The lowest BCUT2D eigenvalue weighted by Gasteiger charge is -2.45. The zero-order valence-corrected chi connectivity index (χ0v) is 12.7. The summed E-state index contributed by atoms with van der Waals surface area (Å²) in [6, 6.07) is 7.89. The molecule has 1 aliphatic carbocycles. The van der Waals surface area contributed by atoms with Crippen molar-refractivity contribution in [3.63, 3.8) is 0 Å². The van der Waals surface area contributed by atoms with Gasteiger partial charge >= 0.3 is 0 Å². The quantitative estimate of drug-likeness (QED) is 0.826. The maximum absolute atomic E-state index is 9.22. The molecule has 1 spiro atoms. The molecule has 3 rings (SSSR count). The van der Waals surface area contributed by atoms with E-state index in [2.05, 4.69) is 16.1 Å². The summed E-state index contributed by atoms with van der Waals surface area (Å²) in [6.45, 7) is 1.97. The highest BCUT2D eigenvalue weighted by Crippen LogP contribution is 2.39. The average Bonchev–Trinajstić information content (AvgIpc) is 2.46. The van der Waals surface area contributed by atoms with Gasteiger partial charge in [-0.3, -0.25) is 4.90 Å². The number of aryl methyl sites for hydroxylation is 1. The second-order valence-electron chi connectivity index (χ2n) is 5.99. The lowest BCUT2D eigenvalue weighted by atomic mass is 9.87. The van der Waals surface area contributed by atoms with Crippen LogP contribution in [0.2, 0.25) is 0 Å². The molecule has 6 nitrogen and oxygen atoms in total. The number of aliphatic imine (C=N–C) groups is 2. The van der Waals surface area contributed by atoms with Crippen molar-refractivity contribution in [2.45, 2.75) is 44.7 Å². The Kier molecular flexibility index (Phi) is 3.49. The first kappa shape index (κ1) is 14.4. The first-order valence-corrected chi connectivity index (χ1v) is 7.56. The van der Waals surface area contributed by atoms with E-state index in [-0.39, 0.29) is 5.96 Å². The predicted molar refractivity (Wildman–Crippen MR) is 87.4 cm³/mol. The molecular weight excluding hydrogens is 276 g/mol. The van der Waals surface area contributed by atoms with Crippen molar-refractivity contribution in [2.24, 2.45) is 21.5 Å². The summed E-state index contributed by atoms with van der Waals surface area (Å²) in [6.07, 6.45) is 5.13. The van der Waals surface area contributed by atoms with Crippen molar-refractivity contribution in [3.8, 4) is 6.07 Å². The van der Waals surface area contributed by atoms with E-state index in [4.69, 9.17) is 11.5 Å². The van der Waals surface area contributed by atoms with E-state index < -0.39 is 5.66 Å². The molecule has 0 aromatic heterocycles. The van der Waals surface area contributed by atoms with Gasteiger partial charge in [0.1, 0.15) is 5.66 Å². The lowest BCUT2D eigenvalue weighted by molar-refractivity contribution is 0.305. The maximum Gasteiger partial charge on any atom is 0.220 e. The maximum atomic E-state index is 9.22. The molecule has 1 saturated carbocycles. The molecule has 0 unspecified atom stereocenters. The van der Waals surface area contributed by atoms with Crippen LogP contribution in [0.25, 0.3) is 0 Å². The van der Waals surface area contributed by atoms with E-state index in [1.807, 2.05) is 30.0 Å². The topological polar surface area (TPSA) is 104 Å². The summed E-state index contributed by atoms with van der Waals surface area (Å²) in [5.74, 6) is 0.590. The summed E-state index contributed by atoms with van der Waals surface area (Å²) >= 11 is 0. The Bertz CT molecular complexity index is 691. The molecule has 1 aromatic rings. The minimum Gasteiger partial charge on any atom is -0.369 e. The molecule has 0 amide bonds. The van der Waals surface area contributed by atoms with Gasteiger partial charge in [-0.25, -0.2) is 4.99 Å². The van der Waals surface area contributed by atoms with Gasteiger partial charge < -0.3 is 11.5 Å². The number of hydrogen-bond donors (Lipinski definition) is 2. The SMILES string of the molecule is Cc1cc(C#N)cc(N2C(N)=NC(N)=NC23CCCCC3)c1. The zero-order valence-electron chi connectivity index (χ0n) is 12.7. The Morgan fingerprint density at radius 1 is 1.18 bits per heavy atom. The average molecular weight is 296 g/mol. The first-order valence-electron chi connectivity index (χ1n) is 7.56. The molecule has 1 aliphatic heterocycles. The number of hydrogen-bond acceptors (Lipinski definition) is 6. The van der Waals surface area contributed by atoms with Gasteiger partial charge in [0.15, 0.2) is 0 Å². The molecule has 6 heteroatoms. The molecule has 2 aliphatic rings. The molecule has 1 fully saturated rings. The van der Waals surface area contributed by atoms with E-state index in [9.17, 15) is 5.26 Å². The van der Waals surface area contributed by atoms with Crippen molar-refractivity contribution >= 4 is 17.6 Å². The van der Waals surface area contributed by atoms with Crippen LogP contribution in [0.4, 0.5) is 5.69 Å². The first-order chi connectivity index (χ1) is 10.5. The molecule has 0 saturated heterocycles. The van der Waals surface area contributed by atoms with Crippen LogP contribution in [0.5, 0.6) is 0 Å². The van der Waals surface area contributed by atoms with Crippen molar-refractivity contribution in [3.05, 3.63) is 29.3 Å². The third-order valence-corrected chi connectivity index (χ3v) is 4.30. The van der Waals surface area contributed by atoms with Crippen molar-refractivity contribution < 1.29 is 0 Å². The van der Waals surface area contributed by atoms with E-state index in [1.54, 1.807) is 0 Å². The molecular formula is C16H20N6. The summed E-state index contributed by atoms with van der Waals surface area (Å²) in [7, 11) is 0. The van der Waals surface area contributed by atoms with E-state index in [1.165, 1.54) is 6.42 Å². The van der Waals surface area contributed by atoms with Crippen molar-refractivity contribution in [1.29, 1.82) is 5.26 Å². The third-order valence-electron chi connectivity index (χ3n) is 4.30. The number of nitrogens with zero attached hydrogens (tertiary/aromatic N) is 4. The monoisotopic (exact) mass is 296 g/mol. The second-order valence-corrected chi connectivity index (χ2v) is 5.99. The Morgan fingerprint density at radius 3 is 2.59 bits per heavy atom. The lowest BCUT2D eigenvalue weighted by Crippen LogP contribution is -2.58. The van der Waals surface area contributed by atoms with Gasteiger partial charge in [-0.1, -0.05) is 6.42 Å². The fraction of sp³-hybridized carbons (Fsp3) is 0.438. The number of nitriles is 1. The van der Waals surface area contributed by atoms with Crippen LogP contribution >= 0.6 is 0 Å². The van der Waals surface area contributed by atoms with Gasteiger partial charge in [0, 0.05) is 5.69 Å². The normalized spacial score (nSPS) is 20.3.